The van der Waals surface area contributed by atoms with Crippen LogP contribution in [0.2, 0.25) is 0 Å². The number of ether oxygens (including phenoxy) is 2. The van der Waals surface area contributed by atoms with Crippen molar-refractivity contribution in [2.24, 2.45) is 4.99 Å². The van der Waals surface area contributed by atoms with Gasteiger partial charge in [-0.1, -0.05) is 42.5 Å². The highest BCUT2D eigenvalue weighted by atomic mass is 16.5. The molecule has 7 heteroatoms. The first kappa shape index (κ1) is 21.1. The summed E-state index contributed by atoms with van der Waals surface area (Å²) in [6.07, 6.45) is -0.729. The van der Waals surface area contributed by atoms with Crippen LogP contribution < -0.4 is 10.4 Å². The van der Waals surface area contributed by atoms with Gasteiger partial charge < -0.3 is 18.6 Å². The lowest BCUT2D eigenvalue weighted by Gasteiger charge is -2.07. The highest BCUT2D eigenvalue weighted by Gasteiger charge is 2.17. The van der Waals surface area contributed by atoms with Crippen LogP contribution in [0.4, 0.5) is 4.79 Å². The van der Waals surface area contributed by atoms with E-state index in [4.69, 9.17) is 9.47 Å². The van der Waals surface area contributed by atoms with E-state index in [9.17, 15) is 9.59 Å². The standard InChI is InChI=1S/C25H23N3O4/c1-31-20-14-12-19(13-15-20)23(29)17-28-22-11-7-6-10-21(22)27(24(28)26-25(30)32-2)16-18-8-4-3-5-9-18/h3-15H,16-17H2,1-2H3. The number of nitrogens with zero attached hydrogens (tertiary/aromatic N) is 3. The number of para-hydroxylation sites is 2. The number of rotatable bonds is 6. The minimum absolute atomic E-state index is 0.0183. The minimum atomic E-state index is -0.729. The Morgan fingerprint density at radius 3 is 2.06 bits per heavy atom. The van der Waals surface area contributed by atoms with E-state index < -0.39 is 6.09 Å². The molecule has 1 heterocycles. The third-order valence-electron chi connectivity index (χ3n) is 5.21. The maximum absolute atomic E-state index is 13.1. The number of amides is 1. The molecular formula is C25H23N3O4. The first-order valence-corrected chi connectivity index (χ1v) is 10.1. The molecule has 0 saturated heterocycles. The quantitative estimate of drug-likeness (QED) is 0.434. The van der Waals surface area contributed by atoms with Crippen molar-refractivity contribution < 1.29 is 19.1 Å². The van der Waals surface area contributed by atoms with Gasteiger partial charge in [0.05, 0.1) is 38.3 Å². The fraction of sp³-hybridized carbons (Fsp3) is 0.160. The molecule has 0 aliphatic heterocycles. The number of aromatic nitrogens is 2. The predicted molar refractivity (Wildman–Crippen MR) is 121 cm³/mol. The van der Waals surface area contributed by atoms with Gasteiger partial charge in [-0.15, -0.1) is 4.99 Å². The molecule has 3 aromatic carbocycles. The summed E-state index contributed by atoms with van der Waals surface area (Å²) in [6, 6.07) is 24.5. The molecule has 0 radical (unpaired) electrons. The number of benzene rings is 3. The van der Waals surface area contributed by atoms with Gasteiger partial charge in [-0.3, -0.25) is 4.79 Å². The monoisotopic (exact) mass is 429 g/mol. The van der Waals surface area contributed by atoms with Crippen LogP contribution in [-0.2, 0) is 17.8 Å². The lowest BCUT2D eigenvalue weighted by atomic mass is 10.1. The molecule has 0 aliphatic rings. The molecule has 4 rings (SSSR count). The normalized spacial score (nSPS) is 11.5. The van der Waals surface area contributed by atoms with Gasteiger partial charge in [-0.25, -0.2) is 4.79 Å². The number of ketones is 1. The van der Waals surface area contributed by atoms with E-state index >= 15 is 0 Å². The number of imidazole rings is 1. The van der Waals surface area contributed by atoms with Gasteiger partial charge in [0.2, 0.25) is 5.62 Å². The van der Waals surface area contributed by atoms with Crippen molar-refractivity contribution in [3.63, 3.8) is 0 Å². The summed E-state index contributed by atoms with van der Waals surface area (Å²) in [5.74, 6) is 0.566. The third kappa shape index (κ3) is 4.32. The van der Waals surface area contributed by atoms with E-state index in [0.717, 1.165) is 16.6 Å². The van der Waals surface area contributed by atoms with Crippen LogP contribution in [-0.4, -0.2) is 35.2 Å². The molecule has 0 unspecified atom stereocenters. The Kier molecular flexibility index (Phi) is 6.17. The summed E-state index contributed by atoms with van der Waals surface area (Å²) in [6.45, 7) is 0.505. The Hall–Kier alpha value is -4.13. The Morgan fingerprint density at radius 2 is 1.44 bits per heavy atom. The molecule has 1 amide bonds. The van der Waals surface area contributed by atoms with E-state index in [-0.39, 0.29) is 12.3 Å². The molecule has 0 fully saturated rings. The highest BCUT2D eigenvalue weighted by Crippen LogP contribution is 2.17. The zero-order valence-corrected chi connectivity index (χ0v) is 17.9. The van der Waals surface area contributed by atoms with Gasteiger partial charge in [0.1, 0.15) is 5.75 Å². The Labute approximate surface area is 185 Å². The number of carbonyl (C=O) groups is 2. The molecule has 4 aromatic rings. The topological polar surface area (TPSA) is 74.8 Å². The Balaban J connectivity index is 1.85. The van der Waals surface area contributed by atoms with E-state index in [1.807, 2.05) is 59.2 Å². The van der Waals surface area contributed by atoms with Crippen LogP contribution in [0.25, 0.3) is 11.0 Å². The molecule has 0 N–H and O–H groups in total. The first-order chi connectivity index (χ1) is 15.6. The van der Waals surface area contributed by atoms with Gasteiger partial charge >= 0.3 is 6.09 Å². The van der Waals surface area contributed by atoms with E-state index in [2.05, 4.69) is 4.99 Å². The predicted octanol–water partition coefficient (Wildman–Crippen LogP) is 4.05. The van der Waals surface area contributed by atoms with Gasteiger partial charge in [0, 0.05) is 5.56 Å². The van der Waals surface area contributed by atoms with Crippen molar-refractivity contribution in [3.05, 3.63) is 95.6 Å². The van der Waals surface area contributed by atoms with E-state index in [1.165, 1.54) is 7.11 Å². The molecular weight excluding hydrogens is 406 g/mol. The lowest BCUT2D eigenvalue weighted by Crippen LogP contribution is -2.30. The van der Waals surface area contributed by atoms with Crippen LogP contribution in [0.15, 0.2) is 83.9 Å². The van der Waals surface area contributed by atoms with Crippen molar-refractivity contribution in [3.8, 4) is 5.75 Å². The fourth-order valence-corrected chi connectivity index (χ4v) is 3.62. The summed E-state index contributed by atoms with van der Waals surface area (Å²) in [7, 11) is 2.86. The smallest absolute Gasteiger partial charge is 0.436 e. The highest BCUT2D eigenvalue weighted by molar-refractivity contribution is 5.96. The number of methoxy groups -OCH3 is 2. The average molecular weight is 429 g/mol. The zero-order chi connectivity index (χ0) is 22.5. The SMILES string of the molecule is COC(=O)N=c1n(CC(=O)c2ccc(OC)cc2)c2ccccc2n1Cc1ccccc1. The lowest BCUT2D eigenvalue weighted by molar-refractivity contribution is 0.0971. The van der Waals surface area contributed by atoms with Crippen LogP contribution >= 0.6 is 0 Å². The molecule has 0 bridgehead atoms. The second-order valence-corrected chi connectivity index (χ2v) is 7.18. The number of Topliss-reactive ketones (excluding diaryl/α,β-unsaturated/α-hetero) is 1. The minimum Gasteiger partial charge on any atom is -0.497 e. The molecule has 32 heavy (non-hydrogen) atoms. The van der Waals surface area contributed by atoms with Gasteiger partial charge in [0.25, 0.3) is 0 Å². The number of fused-ring (bicyclic) bond motifs is 1. The van der Waals surface area contributed by atoms with Crippen LogP contribution in [0.1, 0.15) is 15.9 Å². The maximum atomic E-state index is 13.1. The largest absolute Gasteiger partial charge is 0.497 e. The Morgan fingerprint density at radius 1 is 0.812 bits per heavy atom. The van der Waals surface area contributed by atoms with Crippen molar-refractivity contribution in [1.29, 1.82) is 0 Å². The van der Waals surface area contributed by atoms with Crippen molar-refractivity contribution in [2.75, 3.05) is 14.2 Å². The van der Waals surface area contributed by atoms with E-state index in [1.54, 1.807) is 35.9 Å². The van der Waals surface area contributed by atoms with Crippen molar-refractivity contribution in [1.82, 2.24) is 9.13 Å². The molecule has 0 atom stereocenters. The summed E-state index contributed by atoms with van der Waals surface area (Å²) < 4.78 is 13.6. The van der Waals surface area contributed by atoms with Crippen molar-refractivity contribution >= 4 is 22.9 Å². The molecule has 162 valence electrons. The first-order valence-electron chi connectivity index (χ1n) is 10.1. The van der Waals surface area contributed by atoms with Gasteiger partial charge in [-0.05, 0) is 42.0 Å². The van der Waals surface area contributed by atoms with Crippen molar-refractivity contribution in [2.45, 2.75) is 13.1 Å². The van der Waals surface area contributed by atoms with Crippen LogP contribution in [0.5, 0.6) is 5.75 Å². The summed E-state index contributed by atoms with van der Waals surface area (Å²) >= 11 is 0. The molecule has 0 saturated carbocycles. The summed E-state index contributed by atoms with van der Waals surface area (Å²) in [5.41, 5.74) is 3.60. The molecule has 0 aliphatic carbocycles. The zero-order valence-electron chi connectivity index (χ0n) is 17.9. The summed E-state index contributed by atoms with van der Waals surface area (Å²) in [5, 5.41) is 0. The molecule has 7 nitrogen and oxygen atoms in total. The maximum Gasteiger partial charge on any atom is 0.436 e. The van der Waals surface area contributed by atoms with Crippen LogP contribution in [0, 0.1) is 0 Å². The fourth-order valence-electron chi connectivity index (χ4n) is 3.62. The number of carbonyl (C=O) groups excluding carboxylic acids is 2. The third-order valence-corrected chi connectivity index (χ3v) is 5.21. The second-order valence-electron chi connectivity index (χ2n) is 7.18. The molecule has 0 spiro atoms. The molecule has 1 aromatic heterocycles. The van der Waals surface area contributed by atoms with E-state index in [0.29, 0.717) is 23.5 Å². The Bertz CT molecular complexity index is 1320. The average Bonchev–Trinajstić information content (AvgIpc) is 3.11. The van der Waals surface area contributed by atoms with Gasteiger partial charge in [-0.2, -0.15) is 0 Å². The van der Waals surface area contributed by atoms with Gasteiger partial charge in [0.15, 0.2) is 5.78 Å². The van der Waals surface area contributed by atoms with Crippen LogP contribution in [0.3, 0.4) is 0 Å². The second kappa shape index (κ2) is 9.34. The number of hydrogen-bond donors (Lipinski definition) is 0. The number of hydrogen-bond acceptors (Lipinski definition) is 4. The summed E-state index contributed by atoms with van der Waals surface area (Å²) in [4.78, 5) is 29.4.